The summed E-state index contributed by atoms with van der Waals surface area (Å²) in [5.41, 5.74) is 0. The van der Waals surface area contributed by atoms with E-state index in [0.29, 0.717) is 57.3 Å². The standard InChI is InChI=1S/C7H12O2.3C5H8O2.C2H6/c1-2-6-3-4-7(8)9-5-6;1-4-2-5(6)7-3-4;1-4-2-3-5(6)7-4;6-5-3-1-2-4-7-5;1-2/h6H,2-5H2,1H3;2*4H,2-3H2,1H3;1-4H2;1-2H3. The molecular formula is C24H42O8. The molecular weight excluding hydrogens is 416 g/mol. The average molecular weight is 459 g/mol. The first-order valence-corrected chi connectivity index (χ1v) is 12.0. The van der Waals surface area contributed by atoms with Crippen LogP contribution < -0.4 is 0 Å². The number of carbonyl (C=O) groups excluding carboxylic acids is 4. The van der Waals surface area contributed by atoms with Crippen LogP contribution in [0.4, 0.5) is 0 Å². The first-order valence-electron chi connectivity index (χ1n) is 12.0. The molecule has 0 aromatic carbocycles. The Morgan fingerprint density at radius 2 is 1.38 bits per heavy atom. The minimum absolute atomic E-state index is 0.0281. The Hall–Kier alpha value is -2.12. The average Bonchev–Trinajstić information content (AvgIpc) is 3.37. The molecule has 0 aliphatic carbocycles. The third kappa shape index (κ3) is 15.6. The van der Waals surface area contributed by atoms with Gasteiger partial charge >= 0.3 is 23.9 Å². The summed E-state index contributed by atoms with van der Waals surface area (Å²) in [6.45, 7) is 12.0. The zero-order chi connectivity index (χ0) is 24.4. The van der Waals surface area contributed by atoms with Crippen molar-refractivity contribution in [2.24, 2.45) is 11.8 Å². The van der Waals surface area contributed by atoms with E-state index in [1.165, 1.54) is 0 Å². The maximum absolute atomic E-state index is 10.5. The monoisotopic (exact) mass is 458 g/mol. The van der Waals surface area contributed by atoms with Gasteiger partial charge in [-0.1, -0.05) is 34.1 Å². The van der Waals surface area contributed by atoms with Crippen molar-refractivity contribution < 1.29 is 38.1 Å². The summed E-state index contributed by atoms with van der Waals surface area (Å²) in [5, 5.41) is 0. The summed E-state index contributed by atoms with van der Waals surface area (Å²) in [5.74, 6) is 0.918. The highest BCUT2D eigenvalue weighted by molar-refractivity contribution is 5.71. The van der Waals surface area contributed by atoms with Gasteiger partial charge in [0.15, 0.2) is 0 Å². The predicted molar refractivity (Wildman–Crippen MR) is 120 cm³/mol. The molecule has 0 aromatic rings. The van der Waals surface area contributed by atoms with E-state index in [4.69, 9.17) is 9.47 Å². The second-order valence-electron chi connectivity index (χ2n) is 8.00. The van der Waals surface area contributed by atoms with Crippen LogP contribution in [0.1, 0.15) is 92.4 Å². The van der Waals surface area contributed by atoms with Gasteiger partial charge in [0.25, 0.3) is 0 Å². The Labute approximate surface area is 192 Å². The van der Waals surface area contributed by atoms with Crippen LogP contribution in [0.3, 0.4) is 0 Å². The van der Waals surface area contributed by atoms with Crippen molar-refractivity contribution in [1.29, 1.82) is 0 Å². The Morgan fingerprint density at radius 1 is 0.750 bits per heavy atom. The van der Waals surface area contributed by atoms with Gasteiger partial charge in [0.2, 0.25) is 0 Å². The molecule has 0 radical (unpaired) electrons. The first kappa shape index (κ1) is 29.9. The number of rotatable bonds is 1. The number of hydrogen-bond donors (Lipinski definition) is 0. The van der Waals surface area contributed by atoms with Crippen molar-refractivity contribution in [3.05, 3.63) is 0 Å². The van der Waals surface area contributed by atoms with E-state index in [9.17, 15) is 19.2 Å². The molecule has 4 heterocycles. The first-order chi connectivity index (χ1) is 15.3. The van der Waals surface area contributed by atoms with E-state index in [-0.39, 0.29) is 30.0 Å². The molecule has 3 unspecified atom stereocenters. The molecule has 8 heteroatoms. The van der Waals surface area contributed by atoms with Gasteiger partial charge in [-0.15, -0.1) is 0 Å². The van der Waals surface area contributed by atoms with Crippen molar-refractivity contribution in [3.63, 3.8) is 0 Å². The van der Waals surface area contributed by atoms with Crippen LogP contribution in [0.2, 0.25) is 0 Å². The number of esters is 4. The summed E-state index contributed by atoms with van der Waals surface area (Å²) in [4.78, 5) is 41.2. The summed E-state index contributed by atoms with van der Waals surface area (Å²) >= 11 is 0. The van der Waals surface area contributed by atoms with Crippen LogP contribution in [0.5, 0.6) is 0 Å². The van der Waals surface area contributed by atoms with Crippen molar-refractivity contribution in [1.82, 2.24) is 0 Å². The lowest BCUT2D eigenvalue weighted by molar-refractivity contribution is -0.149. The topological polar surface area (TPSA) is 105 Å². The van der Waals surface area contributed by atoms with Crippen molar-refractivity contribution >= 4 is 23.9 Å². The normalized spacial score (nSPS) is 26.0. The maximum atomic E-state index is 10.5. The molecule has 186 valence electrons. The van der Waals surface area contributed by atoms with Gasteiger partial charge in [0, 0.05) is 25.2 Å². The van der Waals surface area contributed by atoms with E-state index in [2.05, 4.69) is 16.4 Å². The second-order valence-corrected chi connectivity index (χ2v) is 8.00. The molecule has 0 N–H and O–H groups in total. The van der Waals surface area contributed by atoms with Crippen LogP contribution in [-0.2, 0) is 38.1 Å². The third-order valence-electron chi connectivity index (χ3n) is 4.98. The van der Waals surface area contributed by atoms with Crippen LogP contribution in [0.25, 0.3) is 0 Å². The van der Waals surface area contributed by atoms with Gasteiger partial charge < -0.3 is 18.9 Å². The molecule has 0 saturated carbocycles. The van der Waals surface area contributed by atoms with Crippen LogP contribution in [0, 0.1) is 11.8 Å². The minimum atomic E-state index is -0.0486. The summed E-state index contributed by atoms with van der Waals surface area (Å²) in [6, 6.07) is 0. The zero-order valence-electron chi connectivity index (χ0n) is 20.5. The zero-order valence-corrected chi connectivity index (χ0v) is 20.5. The van der Waals surface area contributed by atoms with Crippen molar-refractivity contribution in [2.75, 3.05) is 19.8 Å². The van der Waals surface area contributed by atoms with Crippen LogP contribution >= 0.6 is 0 Å². The molecule has 4 saturated heterocycles. The molecule has 0 aromatic heterocycles. The SMILES string of the molecule is CC.CC1CCC(=O)O1.CC1COC(=O)C1.CCC1CCC(=O)OC1.O=C1CCCCO1. The maximum Gasteiger partial charge on any atom is 0.306 e. The van der Waals surface area contributed by atoms with Crippen molar-refractivity contribution in [3.8, 4) is 0 Å². The quantitative estimate of drug-likeness (QED) is 0.421. The molecule has 4 aliphatic heterocycles. The molecule has 0 amide bonds. The fourth-order valence-corrected chi connectivity index (χ4v) is 2.94. The van der Waals surface area contributed by atoms with E-state index < -0.39 is 0 Å². The number of cyclic esters (lactones) is 4. The lowest BCUT2D eigenvalue weighted by atomic mass is 10.00. The lowest BCUT2D eigenvalue weighted by Gasteiger charge is -2.19. The molecule has 0 bridgehead atoms. The Kier molecular flexibility index (Phi) is 17.2. The van der Waals surface area contributed by atoms with Gasteiger partial charge in [-0.05, 0) is 38.5 Å². The fourth-order valence-electron chi connectivity index (χ4n) is 2.94. The highest BCUT2D eigenvalue weighted by Crippen LogP contribution is 2.16. The van der Waals surface area contributed by atoms with E-state index in [1.54, 1.807) is 0 Å². The largest absolute Gasteiger partial charge is 0.466 e. The minimum Gasteiger partial charge on any atom is -0.466 e. The lowest BCUT2D eigenvalue weighted by Crippen LogP contribution is -2.20. The number of carbonyl (C=O) groups is 4. The van der Waals surface area contributed by atoms with Crippen LogP contribution in [0.15, 0.2) is 0 Å². The van der Waals surface area contributed by atoms with Gasteiger partial charge in [0.05, 0.1) is 32.3 Å². The van der Waals surface area contributed by atoms with E-state index in [0.717, 1.165) is 32.1 Å². The highest BCUT2D eigenvalue weighted by Gasteiger charge is 2.19. The Balaban J connectivity index is 0.000000392. The molecule has 3 atom stereocenters. The van der Waals surface area contributed by atoms with Gasteiger partial charge in [-0.25, -0.2) is 0 Å². The molecule has 0 spiro atoms. The third-order valence-corrected chi connectivity index (χ3v) is 4.98. The van der Waals surface area contributed by atoms with Gasteiger partial charge in [-0.3, -0.25) is 19.2 Å². The molecule has 32 heavy (non-hydrogen) atoms. The number of ether oxygens (including phenoxy) is 4. The van der Waals surface area contributed by atoms with Crippen molar-refractivity contribution in [2.45, 2.75) is 98.5 Å². The number of hydrogen-bond acceptors (Lipinski definition) is 8. The smallest absolute Gasteiger partial charge is 0.306 e. The van der Waals surface area contributed by atoms with Gasteiger partial charge in [0.1, 0.15) is 0 Å². The summed E-state index contributed by atoms with van der Waals surface area (Å²) in [7, 11) is 0. The van der Waals surface area contributed by atoms with E-state index >= 15 is 0 Å². The Morgan fingerprint density at radius 3 is 1.62 bits per heavy atom. The summed E-state index contributed by atoms with van der Waals surface area (Å²) < 4.78 is 18.8. The van der Waals surface area contributed by atoms with Crippen LogP contribution in [-0.4, -0.2) is 49.8 Å². The molecule has 4 rings (SSSR count). The van der Waals surface area contributed by atoms with E-state index in [1.807, 2.05) is 27.7 Å². The molecule has 4 fully saturated rings. The molecule has 8 nitrogen and oxygen atoms in total. The highest BCUT2D eigenvalue weighted by atomic mass is 16.6. The molecule has 4 aliphatic rings. The van der Waals surface area contributed by atoms with Gasteiger partial charge in [-0.2, -0.15) is 0 Å². The fraction of sp³-hybridized carbons (Fsp3) is 0.833. The Bertz CT molecular complexity index is 507. The summed E-state index contributed by atoms with van der Waals surface area (Å²) in [6.07, 6.45) is 7.76. The predicted octanol–water partition coefficient (Wildman–Crippen LogP) is 4.37. The second kappa shape index (κ2) is 18.5.